The largest absolute Gasteiger partial charge is 0.495 e. The second-order valence-electron chi connectivity index (χ2n) is 5.20. The number of hydrogen-bond donors (Lipinski definition) is 2. The van der Waals surface area contributed by atoms with E-state index < -0.39 is 0 Å². The van der Waals surface area contributed by atoms with Crippen molar-refractivity contribution in [2.75, 3.05) is 18.2 Å². The highest BCUT2D eigenvalue weighted by Gasteiger charge is 2.16. The van der Waals surface area contributed by atoms with Crippen LogP contribution in [0.5, 0.6) is 5.75 Å². The zero-order valence-electron chi connectivity index (χ0n) is 13.2. The van der Waals surface area contributed by atoms with Crippen LogP contribution in [0.25, 0.3) is 11.3 Å². The van der Waals surface area contributed by atoms with E-state index in [-0.39, 0.29) is 11.7 Å². The van der Waals surface area contributed by atoms with Crippen LogP contribution in [0.4, 0.5) is 11.4 Å². The van der Waals surface area contributed by atoms with Crippen molar-refractivity contribution < 1.29 is 13.9 Å². The lowest BCUT2D eigenvalue weighted by Crippen LogP contribution is -2.12. The van der Waals surface area contributed by atoms with Crippen molar-refractivity contribution in [1.82, 2.24) is 0 Å². The van der Waals surface area contributed by atoms with Gasteiger partial charge in [0.05, 0.1) is 12.8 Å². The maximum absolute atomic E-state index is 12.5. The van der Waals surface area contributed by atoms with E-state index in [2.05, 4.69) is 37.2 Å². The number of nitrogens with one attached hydrogen (secondary N) is 1. The lowest BCUT2D eigenvalue weighted by Gasteiger charge is -2.10. The highest BCUT2D eigenvalue weighted by Crippen LogP contribution is 2.32. The molecule has 0 fully saturated rings. The zero-order valence-corrected chi connectivity index (χ0v) is 16.3. The number of amides is 1. The van der Waals surface area contributed by atoms with Crippen LogP contribution in [0.1, 0.15) is 10.6 Å². The fraction of sp³-hybridized carbons (Fsp3) is 0.0556. The van der Waals surface area contributed by atoms with E-state index in [1.165, 1.54) is 7.11 Å². The van der Waals surface area contributed by atoms with Crippen LogP contribution < -0.4 is 15.8 Å². The molecule has 0 saturated heterocycles. The van der Waals surface area contributed by atoms with Gasteiger partial charge in [-0.1, -0.05) is 15.9 Å². The van der Waals surface area contributed by atoms with Gasteiger partial charge in [-0.2, -0.15) is 0 Å². The van der Waals surface area contributed by atoms with E-state index in [1.807, 2.05) is 18.2 Å². The third-order valence-corrected chi connectivity index (χ3v) is 4.65. The van der Waals surface area contributed by atoms with Gasteiger partial charge in [-0.3, -0.25) is 4.79 Å². The zero-order chi connectivity index (χ0) is 18.0. The summed E-state index contributed by atoms with van der Waals surface area (Å²) in [4.78, 5) is 12.5. The summed E-state index contributed by atoms with van der Waals surface area (Å²) >= 11 is 6.90. The molecule has 0 bridgehead atoms. The lowest BCUT2D eigenvalue weighted by atomic mass is 10.2. The van der Waals surface area contributed by atoms with Crippen LogP contribution in [0.3, 0.4) is 0 Å². The van der Waals surface area contributed by atoms with Gasteiger partial charge in [0.15, 0.2) is 5.76 Å². The maximum Gasteiger partial charge on any atom is 0.291 e. The molecule has 1 aromatic heterocycles. The van der Waals surface area contributed by atoms with Crippen LogP contribution in [-0.2, 0) is 0 Å². The molecular formula is C18H14Br2N2O3. The molecule has 3 aromatic rings. The number of furan rings is 1. The second-order valence-corrected chi connectivity index (χ2v) is 6.97. The number of methoxy groups -OCH3 is 1. The van der Waals surface area contributed by atoms with Crippen molar-refractivity contribution in [3.8, 4) is 17.1 Å². The van der Waals surface area contributed by atoms with Gasteiger partial charge in [-0.15, -0.1) is 0 Å². The molecule has 3 N–H and O–H groups in total. The monoisotopic (exact) mass is 464 g/mol. The minimum absolute atomic E-state index is 0.189. The Morgan fingerprint density at radius 2 is 1.92 bits per heavy atom. The number of rotatable bonds is 4. The quantitative estimate of drug-likeness (QED) is 0.511. The number of anilines is 2. The summed E-state index contributed by atoms with van der Waals surface area (Å²) in [5.41, 5.74) is 7.62. The van der Waals surface area contributed by atoms with Crippen LogP contribution in [0.2, 0.25) is 0 Å². The lowest BCUT2D eigenvalue weighted by molar-refractivity contribution is 0.0997. The topological polar surface area (TPSA) is 77.5 Å². The van der Waals surface area contributed by atoms with E-state index in [1.54, 1.807) is 30.3 Å². The molecule has 0 aliphatic carbocycles. The van der Waals surface area contributed by atoms with E-state index in [0.29, 0.717) is 22.9 Å². The number of carbonyl (C=O) groups is 1. The molecule has 1 amide bonds. The standard InChI is InChI=1S/C18H14Br2N2O3/c1-24-16-5-3-11(21)9-14(16)22-18(23)17-7-6-15(25-17)12-4-2-10(19)8-13(12)20/h2-9H,21H2,1H3,(H,22,23). The van der Waals surface area contributed by atoms with Gasteiger partial charge < -0.3 is 20.2 Å². The molecule has 0 unspecified atom stereocenters. The Bertz CT molecular complexity index is 938. The number of carbonyl (C=O) groups excluding carboxylic acids is 1. The second kappa shape index (κ2) is 7.33. The number of nitrogen functional groups attached to an aromatic ring is 1. The Hall–Kier alpha value is -2.25. The first kappa shape index (κ1) is 17.6. The minimum atomic E-state index is -0.386. The molecule has 128 valence electrons. The van der Waals surface area contributed by atoms with Crippen molar-refractivity contribution in [3.63, 3.8) is 0 Å². The fourth-order valence-corrected chi connectivity index (χ4v) is 3.54. The van der Waals surface area contributed by atoms with E-state index in [0.717, 1.165) is 14.5 Å². The number of nitrogens with two attached hydrogens (primary N) is 1. The normalized spacial score (nSPS) is 10.5. The Balaban J connectivity index is 1.85. The Morgan fingerprint density at radius 1 is 1.12 bits per heavy atom. The van der Waals surface area contributed by atoms with E-state index in [9.17, 15) is 4.79 Å². The highest BCUT2D eigenvalue weighted by molar-refractivity contribution is 9.11. The molecule has 0 spiro atoms. The summed E-state index contributed by atoms with van der Waals surface area (Å²) in [6.07, 6.45) is 0. The molecule has 0 atom stereocenters. The van der Waals surface area contributed by atoms with Crippen LogP contribution >= 0.6 is 31.9 Å². The number of benzene rings is 2. The Kier molecular flexibility index (Phi) is 5.15. The molecule has 25 heavy (non-hydrogen) atoms. The summed E-state index contributed by atoms with van der Waals surface area (Å²) in [7, 11) is 1.53. The minimum Gasteiger partial charge on any atom is -0.495 e. The van der Waals surface area contributed by atoms with Gasteiger partial charge in [-0.05, 0) is 64.5 Å². The molecule has 0 aliphatic heterocycles. The van der Waals surface area contributed by atoms with Crippen LogP contribution in [-0.4, -0.2) is 13.0 Å². The summed E-state index contributed by atoms with van der Waals surface area (Å²) in [5, 5.41) is 2.75. The first-order valence-electron chi connectivity index (χ1n) is 7.28. The van der Waals surface area contributed by atoms with Gasteiger partial charge >= 0.3 is 0 Å². The summed E-state index contributed by atoms with van der Waals surface area (Å²) < 4.78 is 12.7. The van der Waals surface area contributed by atoms with E-state index in [4.69, 9.17) is 14.9 Å². The first-order valence-corrected chi connectivity index (χ1v) is 8.86. The van der Waals surface area contributed by atoms with Crippen molar-refractivity contribution in [3.05, 3.63) is 63.2 Å². The summed E-state index contributed by atoms with van der Waals surface area (Å²) in [6, 6.07) is 14.1. The van der Waals surface area contributed by atoms with Crippen molar-refractivity contribution >= 4 is 49.1 Å². The first-order chi connectivity index (χ1) is 12.0. The average molecular weight is 466 g/mol. The van der Waals surface area contributed by atoms with Crippen LogP contribution in [0.15, 0.2) is 61.9 Å². The fourth-order valence-electron chi connectivity index (χ4n) is 2.30. The maximum atomic E-state index is 12.5. The third kappa shape index (κ3) is 3.88. The van der Waals surface area contributed by atoms with Crippen molar-refractivity contribution in [2.45, 2.75) is 0 Å². The molecule has 2 aromatic carbocycles. The smallest absolute Gasteiger partial charge is 0.291 e. The average Bonchev–Trinajstić information content (AvgIpc) is 3.05. The Labute approximate surface area is 161 Å². The van der Waals surface area contributed by atoms with Gasteiger partial charge in [-0.25, -0.2) is 0 Å². The molecular weight excluding hydrogens is 452 g/mol. The van der Waals surface area contributed by atoms with E-state index >= 15 is 0 Å². The van der Waals surface area contributed by atoms with Gasteiger partial charge in [0.2, 0.25) is 0 Å². The predicted molar refractivity (Wildman–Crippen MR) is 105 cm³/mol. The summed E-state index contributed by atoms with van der Waals surface area (Å²) in [5.74, 6) is 0.909. The van der Waals surface area contributed by atoms with Gasteiger partial charge in [0, 0.05) is 20.2 Å². The van der Waals surface area contributed by atoms with Crippen LogP contribution in [0, 0.1) is 0 Å². The number of hydrogen-bond acceptors (Lipinski definition) is 4. The molecule has 3 rings (SSSR count). The molecule has 1 heterocycles. The van der Waals surface area contributed by atoms with Gasteiger partial charge in [0.1, 0.15) is 11.5 Å². The molecule has 5 nitrogen and oxygen atoms in total. The van der Waals surface area contributed by atoms with Crippen molar-refractivity contribution in [1.29, 1.82) is 0 Å². The molecule has 7 heteroatoms. The molecule has 0 aliphatic rings. The third-order valence-electron chi connectivity index (χ3n) is 3.50. The molecule has 0 radical (unpaired) electrons. The Morgan fingerprint density at radius 3 is 2.64 bits per heavy atom. The van der Waals surface area contributed by atoms with Gasteiger partial charge in [0.25, 0.3) is 5.91 Å². The SMILES string of the molecule is COc1ccc(N)cc1NC(=O)c1ccc(-c2ccc(Br)cc2Br)o1. The number of ether oxygens (including phenoxy) is 1. The molecule has 0 saturated carbocycles. The summed E-state index contributed by atoms with van der Waals surface area (Å²) in [6.45, 7) is 0. The number of halogens is 2. The predicted octanol–water partition coefficient (Wildman–Crippen LogP) is 5.31. The van der Waals surface area contributed by atoms with Crippen molar-refractivity contribution in [2.24, 2.45) is 0 Å². The highest BCUT2D eigenvalue weighted by atomic mass is 79.9.